The maximum absolute atomic E-state index is 11.7. The normalized spacial score (nSPS) is 11.7. The van der Waals surface area contributed by atoms with Gasteiger partial charge in [0.1, 0.15) is 0 Å². The van der Waals surface area contributed by atoms with E-state index >= 15 is 0 Å². The Kier molecular flexibility index (Phi) is 6.02. The zero-order valence-corrected chi connectivity index (χ0v) is 11.3. The number of hydrogen-bond donors (Lipinski definition) is 2. The van der Waals surface area contributed by atoms with Crippen LogP contribution < -0.4 is 11.1 Å². The highest BCUT2D eigenvalue weighted by molar-refractivity contribution is 5.94. The second kappa shape index (κ2) is 7.53. The number of benzene rings is 1. The third kappa shape index (κ3) is 5.09. The first kappa shape index (κ1) is 15.2. The molecule has 0 spiro atoms. The van der Waals surface area contributed by atoms with E-state index in [4.69, 9.17) is 10.5 Å². The Morgan fingerprint density at radius 1 is 1.37 bits per heavy atom. The number of nitrogens with one attached hydrogen (secondary N) is 1. The fourth-order valence-corrected chi connectivity index (χ4v) is 1.53. The van der Waals surface area contributed by atoms with Gasteiger partial charge in [0.15, 0.2) is 0 Å². The Bertz CT molecular complexity index is 446. The first-order valence-corrected chi connectivity index (χ1v) is 6.39. The zero-order chi connectivity index (χ0) is 14.3. The molecule has 5 heteroatoms. The van der Waals surface area contributed by atoms with Crippen molar-refractivity contribution in [2.75, 3.05) is 11.9 Å². The van der Waals surface area contributed by atoms with Gasteiger partial charge in [-0.15, -0.1) is 0 Å². The van der Waals surface area contributed by atoms with Crippen LogP contribution in [0.25, 0.3) is 0 Å². The van der Waals surface area contributed by atoms with Crippen LogP contribution in [-0.2, 0) is 9.53 Å². The van der Waals surface area contributed by atoms with Gasteiger partial charge in [-0.25, -0.2) is 4.79 Å². The standard InChI is InChI=1S/C14H20N2O3/c1-3-11(15)9-13(17)16-12-7-5-6-10(8-12)14(18)19-4-2/h5-8,11H,3-4,9,15H2,1-2H3,(H,16,17). The summed E-state index contributed by atoms with van der Waals surface area (Å²) in [5.74, 6) is -0.556. The number of carbonyl (C=O) groups is 2. The Hall–Kier alpha value is -1.88. The molecule has 0 bridgehead atoms. The van der Waals surface area contributed by atoms with Gasteiger partial charge in [-0.2, -0.15) is 0 Å². The Labute approximate surface area is 113 Å². The van der Waals surface area contributed by atoms with E-state index in [1.165, 1.54) is 0 Å². The van der Waals surface area contributed by atoms with Gasteiger partial charge in [0.05, 0.1) is 12.2 Å². The lowest BCUT2D eigenvalue weighted by Gasteiger charge is -2.10. The molecule has 19 heavy (non-hydrogen) atoms. The molecule has 104 valence electrons. The molecular weight excluding hydrogens is 244 g/mol. The first-order valence-electron chi connectivity index (χ1n) is 6.39. The lowest BCUT2D eigenvalue weighted by molar-refractivity contribution is -0.116. The maximum atomic E-state index is 11.7. The summed E-state index contributed by atoms with van der Waals surface area (Å²) in [5, 5.41) is 2.72. The number of nitrogens with two attached hydrogens (primary N) is 1. The Balaban J connectivity index is 2.66. The predicted molar refractivity (Wildman–Crippen MR) is 73.9 cm³/mol. The van der Waals surface area contributed by atoms with E-state index < -0.39 is 5.97 Å². The minimum absolute atomic E-state index is 0.145. The van der Waals surface area contributed by atoms with Crippen molar-refractivity contribution >= 4 is 17.6 Å². The van der Waals surface area contributed by atoms with Crippen LogP contribution in [0, 0.1) is 0 Å². The highest BCUT2D eigenvalue weighted by atomic mass is 16.5. The molecule has 0 aliphatic heterocycles. The first-order chi connectivity index (χ1) is 9.06. The van der Waals surface area contributed by atoms with E-state index in [1.54, 1.807) is 31.2 Å². The van der Waals surface area contributed by atoms with Crippen molar-refractivity contribution in [3.63, 3.8) is 0 Å². The van der Waals surface area contributed by atoms with Crippen LogP contribution in [-0.4, -0.2) is 24.5 Å². The van der Waals surface area contributed by atoms with E-state index in [2.05, 4.69) is 5.32 Å². The van der Waals surface area contributed by atoms with Crippen molar-refractivity contribution in [1.82, 2.24) is 0 Å². The predicted octanol–water partition coefficient (Wildman–Crippen LogP) is 1.93. The number of ether oxygens (including phenoxy) is 1. The van der Waals surface area contributed by atoms with Crippen LogP contribution >= 0.6 is 0 Å². The molecule has 1 amide bonds. The molecule has 0 saturated carbocycles. The molecule has 1 rings (SSSR count). The van der Waals surface area contributed by atoms with Gasteiger partial charge in [-0.05, 0) is 31.5 Å². The van der Waals surface area contributed by atoms with Crippen molar-refractivity contribution in [2.24, 2.45) is 5.73 Å². The van der Waals surface area contributed by atoms with Crippen LogP contribution in [0.3, 0.4) is 0 Å². The van der Waals surface area contributed by atoms with E-state index in [-0.39, 0.29) is 18.4 Å². The SMILES string of the molecule is CCOC(=O)c1cccc(NC(=O)CC(N)CC)c1. The highest BCUT2D eigenvalue weighted by Crippen LogP contribution is 2.12. The topological polar surface area (TPSA) is 81.4 Å². The van der Waals surface area contributed by atoms with Crippen molar-refractivity contribution in [3.8, 4) is 0 Å². The van der Waals surface area contributed by atoms with Crippen LogP contribution in [0.15, 0.2) is 24.3 Å². The highest BCUT2D eigenvalue weighted by Gasteiger charge is 2.10. The molecule has 0 saturated heterocycles. The summed E-state index contributed by atoms with van der Waals surface area (Å²) in [6.45, 7) is 4.00. The molecule has 0 radical (unpaired) electrons. The summed E-state index contributed by atoms with van der Waals surface area (Å²) >= 11 is 0. The van der Waals surface area contributed by atoms with Crippen molar-refractivity contribution < 1.29 is 14.3 Å². The van der Waals surface area contributed by atoms with Gasteiger partial charge < -0.3 is 15.8 Å². The Morgan fingerprint density at radius 3 is 2.74 bits per heavy atom. The number of amides is 1. The molecule has 1 aromatic carbocycles. The van der Waals surface area contributed by atoms with Crippen LogP contribution in [0.2, 0.25) is 0 Å². The zero-order valence-electron chi connectivity index (χ0n) is 11.3. The summed E-state index contributed by atoms with van der Waals surface area (Å²) in [6.07, 6.45) is 1.01. The van der Waals surface area contributed by atoms with Crippen molar-refractivity contribution in [2.45, 2.75) is 32.7 Å². The molecular formula is C14H20N2O3. The van der Waals surface area contributed by atoms with Crippen LogP contribution in [0.5, 0.6) is 0 Å². The molecule has 0 heterocycles. The molecule has 0 aromatic heterocycles. The third-order valence-electron chi connectivity index (χ3n) is 2.63. The van der Waals surface area contributed by atoms with E-state index in [9.17, 15) is 9.59 Å². The fraction of sp³-hybridized carbons (Fsp3) is 0.429. The largest absolute Gasteiger partial charge is 0.462 e. The van der Waals surface area contributed by atoms with Gasteiger partial charge in [-0.1, -0.05) is 13.0 Å². The van der Waals surface area contributed by atoms with Gasteiger partial charge in [-0.3, -0.25) is 4.79 Å². The van der Waals surface area contributed by atoms with Crippen LogP contribution in [0.4, 0.5) is 5.69 Å². The smallest absolute Gasteiger partial charge is 0.338 e. The number of esters is 1. The van der Waals surface area contributed by atoms with E-state index in [0.29, 0.717) is 17.9 Å². The van der Waals surface area contributed by atoms with Gasteiger partial charge >= 0.3 is 5.97 Å². The molecule has 0 fully saturated rings. The lowest BCUT2D eigenvalue weighted by Crippen LogP contribution is -2.26. The monoisotopic (exact) mass is 264 g/mol. The summed E-state index contributed by atoms with van der Waals surface area (Å²) in [7, 11) is 0. The molecule has 0 aliphatic carbocycles. The fourth-order valence-electron chi connectivity index (χ4n) is 1.53. The number of anilines is 1. The molecule has 0 aliphatic rings. The molecule has 1 unspecified atom stereocenters. The minimum Gasteiger partial charge on any atom is -0.462 e. The van der Waals surface area contributed by atoms with E-state index in [0.717, 1.165) is 6.42 Å². The van der Waals surface area contributed by atoms with E-state index in [1.807, 2.05) is 6.92 Å². The van der Waals surface area contributed by atoms with Crippen LogP contribution in [0.1, 0.15) is 37.0 Å². The summed E-state index contributed by atoms with van der Waals surface area (Å²) in [4.78, 5) is 23.2. The summed E-state index contributed by atoms with van der Waals surface area (Å²) in [6, 6.07) is 6.51. The van der Waals surface area contributed by atoms with Crippen molar-refractivity contribution in [3.05, 3.63) is 29.8 Å². The summed E-state index contributed by atoms with van der Waals surface area (Å²) < 4.78 is 4.90. The van der Waals surface area contributed by atoms with Crippen molar-refractivity contribution in [1.29, 1.82) is 0 Å². The average Bonchev–Trinajstić information content (AvgIpc) is 2.39. The maximum Gasteiger partial charge on any atom is 0.338 e. The number of carbonyl (C=O) groups excluding carboxylic acids is 2. The Morgan fingerprint density at radius 2 is 2.11 bits per heavy atom. The molecule has 5 nitrogen and oxygen atoms in total. The minimum atomic E-state index is -0.399. The van der Waals surface area contributed by atoms with Gasteiger partial charge in [0.25, 0.3) is 0 Å². The molecule has 1 atom stereocenters. The second-order valence-electron chi connectivity index (χ2n) is 4.22. The average molecular weight is 264 g/mol. The number of hydrogen-bond acceptors (Lipinski definition) is 4. The quantitative estimate of drug-likeness (QED) is 0.769. The molecule has 3 N–H and O–H groups in total. The third-order valence-corrected chi connectivity index (χ3v) is 2.63. The van der Waals surface area contributed by atoms with Gasteiger partial charge in [0.2, 0.25) is 5.91 Å². The lowest BCUT2D eigenvalue weighted by atomic mass is 10.1. The second-order valence-corrected chi connectivity index (χ2v) is 4.22. The summed E-state index contributed by atoms with van der Waals surface area (Å²) in [5.41, 5.74) is 6.69. The molecule has 1 aromatic rings. The number of rotatable bonds is 6. The van der Waals surface area contributed by atoms with Gasteiger partial charge in [0, 0.05) is 18.2 Å².